The Morgan fingerprint density at radius 3 is 2.40 bits per heavy atom. The maximum absolute atomic E-state index is 12.7. The third-order valence-corrected chi connectivity index (χ3v) is 5.30. The minimum Gasteiger partial charge on any atom is -0.375 e. The van der Waals surface area contributed by atoms with Crippen LogP contribution in [0.3, 0.4) is 0 Å². The maximum atomic E-state index is 12.7. The largest absolute Gasteiger partial charge is 0.375 e. The van der Waals surface area contributed by atoms with E-state index < -0.39 is 11.5 Å². The van der Waals surface area contributed by atoms with Crippen molar-refractivity contribution in [2.75, 3.05) is 0 Å². The Bertz CT molecular complexity index is 1390. The number of aliphatic hydroxyl groups is 1. The number of fused-ring (bicyclic) bond motifs is 4. The molecule has 146 valence electrons. The zero-order valence-electron chi connectivity index (χ0n) is 16.2. The van der Waals surface area contributed by atoms with Crippen molar-refractivity contribution in [1.29, 1.82) is 0 Å². The highest BCUT2D eigenvalue weighted by molar-refractivity contribution is 6.11. The van der Waals surface area contributed by atoms with Crippen molar-refractivity contribution in [2.24, 2.45) is 10.2 Å². The molecule has 1 aliphatic heterocycles. The van der Waals surface area contributed by atoms with Crippen molar-refractivity contribution in [3.8, 4) is 11.4 Å². The Labute approximate surface area is 172 Å². The highest BCUT2D eigenvalue weighted by Gasteiger charge is 2.32. The molecule has 2 aliphatic rings. The van der Waals surface area contributed by atoms with E-state index in [0.29, 0.717) is 16.9 Å². The molecule has 1 atom stereocenters. The Morgan fingerprint density at radius 2 is 1.60 bits per heavy atom. The zero-order chi connectivity index (χ0) is 20.7. The number of aromatic amines is 1. The molecule has 1 amide bonds. The quantitative estimate of drug-likeness (QED) is 0.405. The maximum Gasteiger partial charge on any atom is 0.300 e. The van der Waals surface area contributed by atoms with E-state index in [-0.39, 0.29) is 0 Å². The van der Waals surface area contributed by atoms with Crippen molar-refractivity contribution < 1.29 is 9.90 Å². The van der Waals surface area contributed by atoms with Gasteiger partial charge in [0, 0.05) is 10.8 Å². The van der Waals surface area contributed by atoms with Crippen molar-refractivity contribution in [1.82, 2.24) is 9.97 Å². The number of rotatable bonds is 3. The van der Waals surface area contributed by atoms with Crippen LogP contribution in [0.5, 0.6) is 0 Å². The number of para-hydroxylation sites is 2. The monoisotopic (exact) mass is 394 g/mol. The molecule has 0 saturated carbocycles. The molecule has 3 aromatic rings. The number of hydrogen-bond donors (Lipinski definition) is 2. The number of H-pyrrole nitrogens is 1. The first kappa shape index (κ1) is 18.1. The van der Waals surface area contributed by atoms with Gasteiger partial charge in [0.15, 0.2) is 5.60 Å². The molecule has 1 unspecified atom stereocenters. The summed E-state index contributed by atoms with van der Waals surface area (Å²) in [6.07, 6.45) is 0. The third-order valence-electron chi connectivity index (χ3n) is 5.30. The van der Waals surface area contributed by atoms with Crippen molar-refractivity contribution in [3.05, 3.63) is 84.4 Å². The summed E-state index contributed by atoms with van der Waals surface area (Å²) < 4.78 is 0. The van der Waals surface area contributed by atoms with Gasteiger partial charge < -0.3 is 10.1 Å². The Hall–Kier alpha value is -3.90. The number of benzene rings is 3. The molecule has 0 bridgehead atoms. The molecule has 0 aromatic heterocycles. The van der Waals surface area contributed by atoms with E-state index in [1.807, 2.05) is 54.6 Å². The van der Waals surface area contributed by atoms with Gasteiger partial charge in [-0.3, -0.25) is 4.79 Å². The lowest BCUT2D eigenvalue weighted by molar-refractivity contribution is -0.135. The summed E-state index contributed by atoms with van der Waals surface area (Å²) in [5, 5.41) is 20.6. The first-order chi connectivity index (χ1) is 14.6. The van der Waals surface area contributed by atoms with E-state index in [2.05, 4.69) is 15.2 Å². The summed E-state index contributed by atoms with van der Waals surface area (Å²) in [6.45, 7) is 1.42. The van der Waals surface area contributed by atoms with E-state index in [9.17, 15) is 9.90 Å². The van der Waals surface area contributed by atoms with E-state index in [4.69, 9.17) is 4.98 Å². The number of carbonyl (C=O) groups is 1. The lowest BCUT2D eigenvalue weighted by Crippen LogP contribution is -2.30. The fourth-order valence-electron chi connectivity index (χ4n) is 3.63. The summed E-state index contributed by atoms with van der Waals surface area (Å²) in [7, 11) is 0. The van der Waals surface area contributed by atoms with Gasteiger partial charge >= 0.3 is 0 Å². The molecule has 30 heavy (non-hydrogen) atoms. The summed E-state index contributed by atoms with van der Waals surface area (Å²) in [5.74, 6) is -0.735. The number of azo groups is 1. The van der Waals surface area contributed by atoms with Gasteiger partial charge in [-0.25, -0.2) is 4.98 Å². The van der Waals surface area contributed by atoms with Gasteiger partial charge in [0.2, 0.25) is 0 Å². The summed E-state index contributed by atoms with van der Waals surface area (Å²) >= 11 is 0. The number of aromatic nitrogens is 2. The van der Waals surface area contributed by atoms with Crippen LogP contribution in [0.1, 0.15) is 12.5 Å². The van der Waals surface area contributed by atoms with E-state index in [1.54, 1.807) is 24.3 Å². The number of amides is 1. The molecule has 2 N–H and O–H groups in total. The van der Waals surface area contributed by atoms with Gasteiger partial charge in [-0.2, -0.15) is 0 Å². The summed E-state index contributed by atoms with van der Waals surface area (Å²) in [4.78, 5) is 20.9. The fourth-order valence-corrected chi connectivity index (χ4v) is 3.63. The first-order valence-corrected chi connectivity index (χ1v) is 9.59. The van der Waals surface area contributed by atoms with Crippen LogP contribution in [0.2, 0.25) is 0 Å². The molecule has 1 heterocycles. The lowest BCUT2D eigenvalue weighted by Gasteiger charge is -2.18. The molecular formula is C24H18N4O2. The van der Waals surface area contributed by atoms with E-state index in [1.165, 1.54) is 6.92 Å². The minimum atomic E-state index is -1.77. The highest BCUT2D eigenvalue weighted by atomic mass is 16.3. The van der Waals surface area contributed by atoms with Crippen LogP contribution >= 0.6 is 0 Å². The highest BCUT2D eigenvalue weighted by Crippen LogP contribution is 2.43. The standard InChI is InChI=1S/C24H18N4O2/c1-24(30,15-9-3-2-4-10-15)23(29)28-27-21-17-12-6-5-11-16(17)20-22(21)26-19-14-8-7-13-18(19)25-20/h2-14,26,30H,1H3. The van der Waals surface area contributed by atoms with Crippen LogP contribution in [0.4, 0.5) is 5.69 Å². The Morgan fingerprint density at radius 1 is 0.933 bits per heavy atom. The molecule has 3 aromatic carbocycles. The lowest BCUT2D eigenvalue weighted by atomic mass is 9.96. The SMILES string of the molecule is CC(O)(C(=O)N=Nc1c2[nH]c3ccccc3nc-2c2ccccc12)c1ccccc1. The zero-order valence-corrected chi connectivity index (χ0v) is 16.2. The molecule has 0 radical (unpaired) electrons. The van der Waals surface area contributed by atoms with E-state index >= 15 is 0 Å². The summed E-state index contributed by atoms with van der Waals surface area (Å²) in [5.41, 5.74) is 2.39. The van der Waals surface area contributed by atoms with Crippen molar-refractivity contribution in [3.63, 3.8) is 0 Å². The molecule has 0 spiro atoms. The van der Waals surface area contributed by atoms with Crippen LogP contribution in [-0.2, 0) is 10.4 Å². The van der Waals surface area contributed by atoms with Crippen molar-refractivity contribution >= 4 is 33.4 Å². The fraction of sp³-hybridized carbons (Fsp3) is 0.0833. The Balaban J connectivity index is 1.65. The Kier molecular flexibility index (Phi) is 4.15. The molecule has 5 rings (SSSR count). The van der Waals surface area contributed by atoms with E-state index in [0.717, 1.165) is 27.5 Å². The molecule has 6 nitrogen and oxygen atoms in total. The predicted molar refractivity (Wildman–Crippen MR) is 116 cm³/mol. The van der Waals surface area contributed by atoms with Crippen molar-refractivity contribution in [2.45, 2.75) is 12.5 Å². The second-order valence-electron chi connectivity index (χ2n) is 7.32. The molecular weight excluding hydrogens is 376 g/mol. The number of hydrogen-bond acceptors (Lipinski definition) is 4. The molecule has 0 saturated heterocycles. The van der Waals surface area contributed by atoms with Gasteiger partial charge in [0.25, 0.3) is 5.91 Å². The number of nitrogens with one attached hydrogen (secondary N) is 1. The number of nitrogens with zero attached hydrogens (tertiary/aromatic N) is 3. The van der Waals surface area contributed by atoms with Crippen LogP contribution in [0.15, 0.2) is 89.1 Å². The van der Waals surface area contributed by atoms with Crippen LogP contribution in [0.25, 0.3) is 33.2 Å². The van der Waals surface area contributed by atoms with Gasteiger partial charge in [-0.05, 0) is 24.6 Å². The smallest absolute Gasteiger partial charge is 0.300 e. The van der Waals surface area contributed by atoms with Gasteiger partial charge in [-0.1, -0.05) is 66.7 Å². The summed E-state index contributed by atoms with van der Waals surface area (Å²) in [6, 6.07) is 24.2. The normalized spacial score (nSPS) is 13.9. The number of carbonyl (C=O) groups excluding carboxylic acids is 1. The first-order valence-electron chi connectivity index (χ1n) is 9.59. The second-order valence-corrected chi connectivity index (χ2v) is 7.32. The van der Waals surface area contributed by atoms with Gasteiger partial charge in [0.1, 0.15) is 5.69 Å². The molecule has 6 heteroatoms. The predicted octanol–water partition coefficient (Wildman–Crippen LogP) is 5.34. The third kappa shape index (κ3) is 2.86. The topological polar surface area (TPSA) is 90.7 Å². The second kappa shape index (κ2) is 6.86. The van der Waals surface area contributed by atoms with Crippen LogP contribution in [-0.4, -0.2) is 21.0 Å². The van der Waals surface area contributed by atoms with Gasteiger partial charge in [-0.15, -0.1) is 10.2 Å². The van der Waals surface area contributed by atoms with Crippen LogP contribution in [0, 0.1) is 0 Å². The molecule has 1 aliphatic carbocycles. The minimum absolute atomic E-state index is 0.463. The average molecular weight is 394 g/mol. The molecule has 0 fully saturated rings. The average Bonchev–Trinajstić information content (AvgIpc) is 3.09. The van der Waals surface area contributed by atoms with Gasteiger partial charge in [0.05, 0.1) is 22.4 Å². The van der Waals surface area contributed by atoms with Crippen LogP contribution < -0.4 is 0 Å².